The summed E-state index contributed by atoms with van der Waals surface area (Å²) in [6.07, 6.45) is 5.21. The smallest absolute Gasteiger partial charge is 0.151 e. The van der Waals surface area contributed by atoms with Gasteiger partial charge >= 0.3 is 0 Å². The Bertz CT molecular complexity index is 355. The average Bonchev–Trinajstić information content (AvgIpc) is 2.39. The minimum atomic E-state index is 0.433. The van der Waals surface area contributed by atoms with Gasteiger partial charge in [-0.25, -0.2) is 0 Å². The maximum atomic E-state index is 5.68. The van der Waals surface area contributed by atoms with Crippen LogP contribution in [-0.2, 0) is 0 Å². The number of hydrogen-bond acceptors (Lipinski definition) is 4. The summed E-state index contributed by atoms with van der Waals surface area (Å²) < 4.78 is 0. The molecule has 2 rings (SSSR count). The molecule has 1 saturated heterocycles. The first-order chi connectivity index (χ1) is 8.75. The van der Waals surface area contributed by atoms with E-state index in [2.05, 4.69) is 27.3 Å². The molecule has 1 atom stereocenters. The second kappa shape index (κ2) is 6.90. The minimum absolute atomic E-state index is 0.433. The van der Waals surface area contributed by atoms with Crippen LogP contribution >= 0.6 is 11.6 Å². The lowest BCUT2D eigenvalue weighted by Gasteiger charge is -2.33. The number of nitrogens with zero attached hydrogens (tertiary/aromatic N) is 3. The van der Waals surface area contributed by atoms with Crippen LogP contribution in [0.4, 0.5) is 5.82 Å². The van der Waals surface area contributed by atoms with Crippen LogP contribution < -0.4 is 5.32 Å². The highest BCUT2D eigenvalue weighted by Crippen LogP contribution is 2.16. The minimum Gasteiger partial charge on any atom is -0.369 e. The molecule has 1 aromatic heterocycles. The summed E-state index contributed by atoms with van der Waals surface area (Å²) in [5, 5.41) is 11.5. The normalized spacial score (nSPS) is 20.9. The summed E-state index contributed by atoms with van der Waals surface area (Å²) in [7, 11) is 0. The van der Waals surface area contributed by atoms with E-state index in [0.29, 0.717) is 5.15 Å². The standard InChI is InChI=1S/C13H21ClN4/c1-11-5-2-3-9-18(11)10-4-8-15-13-7-6-12(14)16-17-13/h6-7,11H,2-5,8-10H2,1H3,(H,15,17). The number of nitrogens with one attached hydrogen (secondary N) is 1. The van der Waals surface area contributed by atoms with Gasteiger partial charge in [0.2, 0.25) is 0 Å². The summed E-state index contributed by atoms with van der Waals surface area (Å²) in [6.45, 7) is 5.67. The van der Waals surface area contributed by atoms with Crippen LogP contribution in [0.25, 0.3) is 0 Å². The lowest BCUT2D eigenvalue weighted by atomic mass is 10.0. The highest BCUT2D eigenvalue weighted by Gasteiger charge is 2.16. The number of aromatic nitrogens is 2. The second-order valence-electron chi connectivity index (χ2n) is 4.90. The lowest BCUT2D eigenvalue weighted by molar-refractivity contribution is 0.160. The molecule has 1 unspecified atom stereocenters. The number of halogens is 1. The Hall–Kier alpha value is -0.870. The lowest BCUT2D eigenvalue weighted by Crippen LogP contribution is -2.38. The molecule has 2 heterocycles. The van der Waals surface area contributed by atoms with Gasteiger partial charge in [-0.3, -0.25) is 0 Å². The number of anilines is 1. The van der Waals surface area contributed by atoms with Gasteiger partial charge in [0.25, 0.3) is 0 Å². The second-order valence-corrected chi connectivity index (χ2v) is 5.29. The van der Waals surface area contributed by atoms with E-state index < -0.39 is 0 Å². The fourth-order valence-corrected chi connectivity index (χ4v) is 2.50. The van der Waals surface area contributed by atoms with E-state index in [1.54, 1.807) is 6.07 Å². The van der Waals surface area contributed by atoms with Crippen molar-refractivity contribution in [2.24, 2.45) is 0 Å². The zero-order valence-electron chi connectivity index (χ0n) is 10.9. The van der Waals surface area contributed by atoms with Crippen LogP contribution in [0.15, 0.2) is 12.1 Å². The predicted octanol–water partition coefficient (Wildman–Crippen LogP) is 2.81. The summed E-state index contributed by atoms with van der Waals surface area (Å²) in [4.78, 5) is 2.58. The summed E-state index contributed by atoms with van der Waals surface area (Å²) in [5.74, 6) is 0.797. The molecule has 0 aliphatic carbocycles. The molecule has 0 bridgehead atoms. The molecule has 5 heteroatoms. The van der Waals surface area contributed by atoms with Gasteiger partial charge in [0, 0.05) is 19.1 Å². The van der Waals surface area contributed by atoms with Crippen LogP contribution in [0.1, 0.15) is 32.6 Å². The Morgan fingerprint density at radius 2 is 2.28 bits per heavy atom. The van der Waals surface area contributed by atoms with Crippen LogP contribution in [0.3, 0.4) is 0 Å². The Balaban J connectivity index is 1.65. The predicted molar refractivity (Wildman–Crippen MR) is 75.0 cm³/mol. The van der Waals surface area contributed by atoms with Crippen molar-refractivity contribution in [3.05, 3.63) is 17.3 Å². The van der Waals surface area contributed by atoms with Gasteiger partial charge in [-0.2, -0.15) is 0 Å². The van der Waals surface area contributed by atoms with Crippen molar-refractivity contribution in [2.45, 2.75) is 38.6 Å². The Morgan fingerprint density at radius 1 is 1.39 bits per heavy atom. The van der Waals surface area contributed by atoms with Crippen molar-refractivity contribution in [2.75, 3.05) is 25.0 Å². The monoisotopic (exact) mass is 268 g/mol. The van der Waals surface area contributed by atoms with Crippen molar-refractivity contribution >= 4 is 17.4 Å². The fourth-order valence-electron chi connectivity index (χ4n) is 2.40. The van der Waals surface area contributed by atoms with Crippen LogP contribution in [-0.4, -0.2) is 40.8 Å². The van der Waals surface area contributed by atoms with E-state index >= 15 is 0 Å². The zero-order valence-corrected chi connectivity index (χ0v) is 11.7. The SMILES string of the molecule is CC1CCCCN1CCCNc1ccc(Cl)nn1. The molecule has 18 heavy (non-hydrogen) atoms. The Kier molecular flexibility index (Phi) is 5.20. The molecule has 1 N–H and O–H groups in total. The van der Waals surface area contributed by atoms with E-state index in [1.165, 1.54) is 25.8 Å². The number of rotatable bonds is 5. The molecule has 0 radical (unpaired) electrons. The summed E-state index contributed by atoms with van der Waals surface area (Å²) in [5.41, 5.74) is 0. The number of likely N-dealkylation sites (tertiary alicyclic amines) is 1. The molecule has 0 aromatic carbocycles. The fraction of sp³-hybridized carbons (Fsp3) is 0.692. The van der Waals surface area contributed by atoms with E-state index in [0.717, 1.165) is 31.4 Å². The summed E-state index contributed by atoms with van der Waals surface area (Å²) >= 11 is 5.68. The van der Waals surface area contributed by atoms with Crippen LogP contribution in [0.5, 0.6) is 0 Å². The molecular weight excluding hydrogens is 248 g/mol. The maximum absolute atomic E-state index is 5.68. The highest BCUT2D eigenvalue weighted by atomic mass is 35.5. The maximum Gasteiger partial charge on any atom is 0.151 e. The molecule has 1 aromatic rings. The van der Waals surface area contributed by atoms with E-state index in [4.69, 9.17) is 11.6 Å². The first-order valence-electron chi connectivity index (χ1n) is 6.73. The zero-order chi connectivity index (χ0) is 12.8. The van der Waals surface area contributed by atoms with Gasteiger partial charge in [0.15, 0.2) is 5.15 Å². The van der Waals surface area contributed by atoms with Crippen molar-refractivity contribution < 1.29 is 0 Å². The number of piperidine rings is 1. The van der Waals surface area contributed by atoms with Gasteiger partial charge in [0.05, 0.1) is 0 Å². The molecule has 1 fully saturated rings. The highest BCUT2D eigenvalue weighted by molar-refractivity contribution is 6.29. The number of hydrogen-bond donors (Lipinski definition) is 1. The molecular formula is C13H21ClN4. The third kappa shape index (κ3) is 4.10. The molecule has 1 aliphatic rings. The van der Waals surface area contributed by atoms with Crippen molar-refractivity contribution in [3.63, 3.8) is 0 Å². The van der Waals surface area contributed by atoms with Crippen LogP contribution in [0, 0.1) is 0 Å². The largest absolute Gasteiger partial charge is 0.369 e. The third-order valence-electron chi connectivity index (χ3n) is 3.50. The first-order valence-corrected chi connectivity index (χ1v) is 7.10. The van der Waals surface area contributed by atoms with Crippen LogP contribution in [0.2, 0.25) is 5.15 Å². The first kappa shape index (κ1) is 13.6. The van der Waals surface area contributed by atoms with E-state index in [1.807, 2.05) is 6.07 Å². The molecule has 0 saturated carbocycles. The third-order valence-corrected chi connectivity index (χ3v) is 3.70. The van der Waals surface area contributed by atoms with Crippen molar-refractivity contribution in [1.82, 2.24) is 15.1 Å². The van der Waals surface area contributed by atoms with Gasteiger partial charge < -0.3 is 10.2 Å². The topological polar surface area (TPSA) is 41.0 Å². The molecule has 0 spiro atoms. The van der Waals surface area contributed by atoms with Crippen molar-refractivity contribution in [3.8, 4) is 0 Å². The molecule has 1 aliphatic heterocycles. The molecule has 4 nitrogen and oxygen atoms in total. The quantitative estimate of drug-likeness (QED) is 0.834. The van der Waals surface area contributed by atoms with Gasteiger partial charge in [-0.05, 0) is 44.9 Å². The molecule has 100 valence electrons. The van der Waals surface area contributed by atoms with Gasteiger partial charge in [-0.15, -0.1) is 10.2 Å². The average molecular weight is 269 g/mol. The van der Waals surface area contributed by atoms with E-state index in [9.17, 15) is 0 Å². The molecule has 0 amide bonds. The Labute approximate surface area is 114 Å². The van der Waals surface area contributed by atoms with Gasteiger partial charge in [-0.1, -0.05) is 18.0 Å². The van der Waals surface area contributed by atoms with Crippen molar-refractivity contribution in [1.29, 1.82) is 0 Å². The summed E-state index contributed by atoms with van der Waals surface area (Å²) in [6, 6.07) is 4.36. The van der Waals surface area contributed by atoms with E-state index in [-0.39, 0.29) is 0 Å². The Morgan fingerprint density at radius 3 is 3.00 bits per heavy atom. The van der Waals surface area contributed by atoms with Gasteiger partial charge in [0.1, 0.15) is 5.82 Å².